The van der Waals surface area contributed by atoms with E-state index in [2.05, 4.69) is 16.9 Å². The molecule has 0 atom stereocenters. The maximum atomic E-state index is 11.3. The van der Waals surface area contributed by atoms with Crippen LogP contribution in [0.15, 0.2) is 30.3 Å². The molecule has 1 rings (SSSR count). The van der Waals surface area contributed by atoms with Crippen molar-refractivity contribution in [1.29, 1.82) is 0 Å². The Bertz CT molecular complexity index is 357. The molecule has 0 aliphatic carbocycles. The SMILES string of the molecule is CCOC(=O)C(=O)CCCCc1ccccc1. The van der Waals surface area contributed by atoms with E-state index in [9.17, 15) is 9.59 Å². The van der Waals surface area contributed by atoms with Gasteiger partial charge in [-0.15, -0.1) is 0 Å². The fraction of sp³-hybridized carbons (Fsp3) is 0.429. The highest BCUT2D eigenvalue weighted by atomic mass is 16.5. The summed E-state index contributed by atoms with van der Waals surface area (Å²) in [7, 11) is 0. The lowest BCUT2D eigenvalue weighted by Gasteiger charge is -2.02. The van der Waals surface area contributed by atoms with Crippen molar-refractivity contribution >= 4 is 11.8 Å². The number of benzene rings is 1. The number of hydrogen-bond acceptors (Lipinski definition) is 3. The maximum absolute atomic E-state index is 11.3. The Balaban J connectivity index is 2.16. The molecule has 0 amide bonds. The van der Waals surface area contributed by atoms with Crippen LogP contribution in [-0.4, -0.2) is 18.4 Å². The summed E-state index contributed by atoms with van der Waals surface area (Å²) in [5.74, 6) is -1.12. The summed E-state index contributed by atoms with van der Waals surface area (Å²) >= 11 is 0. The van der Waals surface area contributed by atoms with Crippen molar-refractivity contribution in [3.63, 3.8) is 0 Å². The van der Waals surface area contributed by atoms with Crippen LogP contribution in [0.5, 0.6) is 0 Å². The van der Waals surface area contributed by atoms with Gasteiger partial charge in [0.2, 0.25) is 5.78 Å². The van der Waals surface area contributed by atoms with Gasteiger partial charge in [-0.25, -0.2) is 4.79 Å². The molecule has 3 heteroatoms. The normalized spacial score (nSPS) is 9.94. The van der Waals surface area contributed by atoms with Gasteiger partial charge in [0.15, 0.2) is 0 Å². The second-order valence-corrected chi connectivity index (χ2v) is 3.84. The summed E-state index contributed by atoms with van der Waals surface area (Å²) in [6, 6.07) is 10.1. The van der Waals surface area contributed by atoms with Crippen LogP contribution in [0.25, 0.3) is 0 Å². The number of esters is 1. The third-order valence-corrected chi connectivity index (χ3v) is 2.47. The lowest BCUT2D eigenvalue weighted by molar-refractivity contribution is -0.153. The molecule has 0 fully saturated rings. The molecule has 0 bridgehead atoms. The van der Waals surface area contributed by atoms with Crippen LogP contribution in [0.4, 0.5) is 0 Å². The van der Waals surface area contributed by atoms with E-state index in [1.807, 2.05) is 18.2 Å². The lowest BCUT2D eigenvalue weighted by atomic mass is 10.1. The van der Waals surface area contributed by atoms with Gasteiger partial charge in [-0.3, -0.25) is 4.79 Å². The zero-order chi connectivity index (χ0) is 12.5. The topological polar surface area (TPSA) is 43.4 Å². The standard InChI is InChI=1S/C14H18O3/c1-2-17-14(16)13(15)11-7-6-10-12-8-4-3-5-9-12/h3-5,8-9H,2,6-7,10-11H2,1H3. The highest BCUT2D eigenvalue weighted by molar-refractivity contribution is 6.33. The fourth-order valence-corrected chi connectivity index (χ4v) is 1.57. The third-order valence-electron chi connectivity index (χ3n) is 2.47. The van der Waals surface area contributed by atoms with Crippen molar-refractivity contribution < 1.29 is 14.3 Å². The monoisotopic (exact) mass is 234 g/mol. The molecular weight excluding hydrogens is 216 g/mol. The van der Waals surface area contributed by atoms with Gasteiger partial charge in [0.1, 0.15) is 0 Å². The van der Waals surface area contributed by atoms with Crippen LogP contribution >= 0.6 is 0 Å². The Hall–Kier alpha value is -1.64. The molecule has 0 saturated carbocycles. The van der Waals surface area contributed by atoms with Gasteiger partial charge in [-0.2, -0.15) is 0 Å². The van der Waals surface area contributed by atoms with Crippen molar-refractivity contribution in [2.24, 2.45) is 0 Å². The molecule has 0 N–H and O–H groups in total. The van der Waals surface area contributed by atoms with E-state index >= 15 is 0 Å². The van der Waals surface area contributed by atoms with Crippen molar-refractivity contribution in [3.8, 4) is 0 Å². The van der Waals surface area contributed by atoms with Crippen molar-refractivity contribution in [1.82, 2.24) is 0 Å². The van der Waals surface area contributed by atoms with Crippen molar-refractivity contribution in [2.75, 3.05) is 6.61 Å². The third kappa shape index (κ3) is 5.29. The van der Waals surface area contributed by atoms with E-state index in [0.717, 1.165) is 19.3 Å². The molecular formula is C14H18O3. The summed E-state index contributed by atoms with van der Waals surface area (Å²) in [4.78, 5) is 22.3. The van der Waals surface area contributed by atoms with Gasteiger partial charge < -0.3 is 4.74 Å². The molecule has 1 aromatic carbocycles. The maximum Gasteiger partial charge on any atom is 0.374 e. The van der Waals surface area contributed by atoms with E-state index in [-0.39, 0.29) is 13.0 Å². The van der Waals surface area contributed by atoms with Crippen LogP contribution < -0.4 is 0 Å². The summed E-state index contributed by atoms with van der Waals surface area (Å²) in [5, 5.41) is 0. The minimum Gasteiger partial charge on any atom is -0.460 e. The first-order valence-electron chi connectivity index (χ1n) is 5.98. The fourth-order valence-electron chi connectivity index (χ4n) is 1.57. The molecule has 0 saturated heterocycles. The highest BCUT2D eigenvalue weighted by Gasteiger charge is 2.13. The minimum atomic E-state index is -0.702. The van der Waals surface area contributed by atoms with E-state index in [0.29, 0.717) is 0 Å². The molecule has 0 aromatic heterocycles. The number of carbonyl (C=O) groups is 2. The predicted octanol–water partition coefficient (Wildman–Crippen LogP) is 2.53. The zero-order valence-electron chi connectivity index (χ0n) is 10.1. The molecule has 0 aliphatic rings. The number of ketones is 1. The molecule has 1 aromatic rings. The lowest BCUT2D eigenvalue weighted by Crippen LogP contribution is -2.16. The highest BCUT2D eigenvalue weighted by Crippen LogP contribution is 2.06. The molecule has 92 valence electrons. The molecule has 17 heavy (non-hydrogen) atoms. The first-order valence-corrected chi connectivity index (χ1v) is 5.98. The van der Waals surface area contributed by atoms with E-state index < -0.39 is 11.8 Å². The predicted molar refractivity (Wildman–Crippen MR) is 65.6 cm³/mol. The van der Waals surface area contributed by atoms with Crippen molar-refractivity contribution in [2.45, 2.75) is 32.6 Å². The second kappa shape index (κ2) is 7.60. The molecule has 0 radical (unpaired) electrons. The van der Waals surface area contributed by atoms with Gasteiger partial charge in [0.05, 0.1) is 6.61 Å². The number of carbonyl (C=O) groups excluding carboxylic acids is 2. The number of unbranched alkanes of at least 4 members (excludes halogenated alkanes) is 1. The Morgan fingerprint density at radius 1 is 1.12 bits per heavy atom. The molecule has 0 unspecified atom stereocenters. The summed E-state index contributed by atoms with van der Waals surface area (Å²) < 4.78 is 4.63. The van der Waals surface area contributed by atoms with Gasteiger partial charge in [-0.05, 0) is 31.7 Å². The summed E-state index contributed by atoms with van der Waals surface area (Å²) in [6.45, 7) is 1.95. The first-order chi connectivity index (χ1) is 8.24. The van der Waals surface area contributed by atoms with Crippen LogP contribution in [0, 0.1) is 0 Å². The van der Waals surface area contributed by atoms with Gasteiger partial charge in [-0.1, -0.05) is 30.3 Å². The van der Waals surface area contributed by atoms with Crippen LogP contribution in [0.1, 0.15) is 31.7 Å². The average Bonchev–Trinajstić information content (AvgIpc) is 2.36. The number of Topliss-reactive ketones (excluding diaryl/α,β-unsaturated/α-hetero) is 1. The Kier molecular flexibility index (Phi) is 6.00. The van der Waals surface area contributed by atoms with Crippen LogP contribution in [0.3, 0.4) is 0 Å². The molecule has 0 aliphatic heterocycles. The first kappa shape index (κ1) is 13.4. The Morgan fingerprint density at radius 2 is 1.82 bits per heavy atom. The Labute approximate surface area is 102 Å². The minimum absolute atomic E-state index is 0.259. The quantitative estimate of drug-likeness (QED) is 0.413. The smallest absolute Gasteiger partial charge is 0.374 e. The van der Waals surface area contributed by atoms with E-state index in [1.54, 1.807) is 6.92 Å². The van der Waals surface area contributed by atoms with E-state index in [4.69, 9.17) is 0 Å². The zero-order valence-corrected chi connectivity index (χ0v) is 10.1. The van der Waals surface area contributed by atoms with Crippen LogP contribution in [-0.2, 0) is 20.7 Å². The summed E-state index contributed by atoms with van der Waals surface area (Å²) in [6.07, 6.45) is 2.87. The molecule has 0 spiro atoms. The van der Waals surface area contributed by atoms with Gasteiger partial charge >= 0.3 is 5.97 Å². The number of ether oxygens (including phenoxy) is 1. The molecule has 3 nitrogen and oxygen atoms in total. The average molecular weight is 234 g/mol. The largest absolute Gasteiger partial charge is 0.460 e. The van der Waals surface area contributed by atoms with Crippen LogP contribution in [0.2, 0.25) is 0 Å². The number of hydrogen-bond donors (Lipinski definition) is 0. The van der Waals surface area contributed by atoms with Gasteiger partial charge in [0.25, 0.3) is 0 Å². The second-order valence-electron chi connectivity index (χ2n) is 3.84. The summed E-state index contributed by atoms with van der Waals surface area (Å²) in [5.41, 5.74) is 1.26. The molecule has 0 heterocycles. The van der Waals surface area contributed by atoms with E-state index in [1.165, 1.54) is 5.56 Å². The number of aryl methyl sites for hydroxylation is 1. The Morgan fingerprint density at radius 3 is 2.47 bits per heavy atom. The van der Waals surface area contributed by atoms with Crippen molar-refractivity contribution in [3.05, 3.63) is 35.9 Å². The van der Waals surface area contributed by atoms with Gasteiger partial charge in [0, 0.05) is 6.42 Å². The number of rotatable bonds is 7.